The van der Waals surface area contributed by atoms with Crippen LogP contribution in [0.4, 0.5) is 0 Å². The molecule has 1 N–H and O–H groups in total. The van der Waals surface area contributed by atoms with E-state index in [4.69, 9.17) is 0 Å². The van der Waals surface area contributed by atoms with Gasteiger partial charge < -0.3 is 9.66 Å². The third-order valence-corrected chi connectivity index (χ3v) is 7.03. The number of hydrogen-bond acceptors (Lipinski definition) is 4. The zero-order chi connectivity index (χ0) is 21.1. The first-order valence-corrected chi connectivity index (χ1v) is 13.5. The number of hydrogen-bond donors (Lipinski definition) is 1. The summed E-state index contributed by atoms with van der Waals surface area (Å²) in [7, 11) is -4.19. The minimum absolute atomic E-state index is 0. The summed E-state index contributed by atoms with van der Waals surface area (Å²) in [6.45, 7) is 4.31. The molecule has 0 aromatic rings. The molecule has 0 saturated carbocycles. The van der Waals surface area contributed by atoms with Crippen LogP contribution in [0.5, 0.6) is 0 Å². The van der Waals surface area contributed by atoms with Crippen LogP contribution in [0, 0.1) is 0 Å². The third-order valence-electron chi connectivity index (χ3n) is 5.74. The van der Waals surface area contributed by atoms with Crippen LogP contribution in [-0.2, 0) is 10.1 Å². The minimum Gasteiger partial charge on any atom is -0.748 e. The van der Waals surface area contributed by atoms with E-state index in [0.717, 1.165) is 44.9 Å². The molecule has 2 atom stereocenters. The fourth-order valence-corrected chi connectivity index (χ4v) is 4.73. The number of rotatable bonds is 21. The minimum atomic E-state index is -4.19. The third kappa shape index (κ3) is 21.9. The normalized spacial score (nSPS) is 13.8. The van der Waals surface area contributed by atoms with Gasteiger partial charge >= 0.3 is 29.6 Å². The number of aliphatic hydroxyl groups excluding tert-OH is 1. The molecular weight excluding hydrogens is 395 g/mol. The van der Waals surface area contributed by atoms with Gasteiger partial charge in [-0.1, -0.05) is 110 Å². The SMILES string of the molecule is CCCCCCCCCCCCC(O)CCCCC(CCCCC)S(=O)(=O)[O-].[Na+]. The summed E-state index contributed by atoms with van der Waals surface area (Å²) >= 11 is 0. The molecule has 0 spiro atoms. The second kappa shape index (κ2) is 22.1. The van der Waals surface area contributed by atoms with Crippen molar-refractivity contribution in [3.8, 4) is 0 Å². The molecule has 0 radical (unpaired) electrons. The van der Waals surface area contributed by atoms with Crippen LogP contribution in [-0.4, -0.2) is 29.4 Å². The molecule has 0 aliphatic heterocycles. The Bertz CT molecular complexity index is 429. The first-order chi connectivity index (χ1) is 13.4. The summed E-state index contributed by atoms with van der Waals surface area (Å²) in [5.74, 6) is 0. The average molecular weight is 443 g/mol. The number of aliphatic hydroxyl groups is 1. The van der Waals surface area contributed by atoms with Crippen molar-refractivity contribution in [2.75, 3.05) is 0 Å². The van der Waals surface area contributed by atoms with Gasteiger partial charge in [-0.25, -0.2) is 8.42 Å². The molecule has 0 heterocycles. The predicted octanol–water partition coefficient (Wildman–Crippen LogP) is 3.72. The standard InChI is InChI=1S/C23H48O4S.Na/c1-3-5-7-8-9-10-11-12-13-15-18-22(24)19-16-17-21-23(28(25,26)27)20-14-6-4-2;/h22-24H,3-21H2,1-2H3,(H,25,26,27);/q;+1/p-1. The van der Waals surface area contributed by atoms with Gasteiger partial charge in [0.1, 0.15) is 0 Å². The van der Waals surface area contributed by atoms with E-state index >= 15 is 0 Å². The Morgan fingerprint density at radius 3 is 1.38 bits per heavy atom. The van der Waals surface area contributed by atoms with Gasteiger partial charge in [-0.2, -0.15) is 0 Å². The summed E-state index contributed by atoms with van der Waals surface area (Å²) in [6, 6.07) is 0. The van der Waals surface area contributed by atoms with Crippen molar-refractivity contribution < 1.29 is 47.6 Å². The Balaban J connectivity index is 0. The molecule has 0 amide bonds. The van der Waals surface area contributed by atoms with Crippen LogP contribution >= 0.6 is 0 Å². The molecule has 0 aromatic carbocycles. The molecule has 29 heavy (non-hydrogen) atoms. The Morgan fingerprint density at radius 2 is 0.931 bits per heavy atom. The van der Waals surface area contributed by atoms with Gasteiger partial charge in [0.15, 0.2) is 0 Å². The maximum Gasteiger partial charge on any atom is 1.00 e. The maximum absolute atomic E-state index is 11.4. The van der Waals surface area contributed by atoms with Crippen molar-refractivity contribution in [1.29, 1.82) is 0 Å². The topological polar surface area (TPSA) is 77.4 Å². The molecule has 6 heteroatoms. The van der Waals surface area contributed by atoms with Crippen LogP contribution in [0.1, 0.15) is 136 Å². The van der Waals surface area contributed by atoms with Crippen molar-refractivity contribution >= 4 is 10.1 Å². The van der Waals surface area contributed by atoms with Crippen LogP contribution in [0.3, 0.4) is 0 Å². The van der Waals surface area contributed by atoms with E-state index in [1.54, 1.807) is 0 Å². The van der Waals surface area contributed by atoms with Crippen molar-refractivity contribution in [3.05, 3.63) is 0 Å². The molecule has 0 aromatic heterocycles. The van der Waals surface area contributed by atoms with Crippen LogP contribution in [0.25, 0.3) is 0 Å². The molecule has 0 saturated heterocycles. The van der Waals surface area contributed by atoms with Crippen LogP contribution < -0.4 is 29.6 Å². The molecule has 0 bridgehead atoms. The molecule has 0 aliphatic rings. The Morgan fingerprint density at radius 1 is 0.621 bits per heavy atom. The van der Waals surface area contributed by atoms with Gasteiger partial charge in [-0.3, -0.25) is 0 Å². The second-order valence-electron chi connectivity index (χ2n) is 8.52. The molecular formula is C23H47NaO4S. The van der Waals surface area contributed by atoms with Crippen molar-refractivity contribution in [3.63, 3.8) is 0 Å². The summed E-state index contributed by atoms with van der Waals surface area (Å²) in [5.41, 5.74) is 0. The second-order valence-corrected chi connectivity index (χ2v) is 10.2. The van der Waals surface area contributed by atoms with Crippen molar-refractivity contribution in [1.82, 2.24) is 0 Å². The Kier molecular flexibility index (Phi) is 24.4. The van der Waals surface area contributed by atoms with Gasteiger partial charge in [0.25, 0.3) is 0 Å². The van der Waals surface area contributed by atoms with E-state index in [1.807, 2.05) is 0 Å². The molecule has 0 rings (SSSR count). The molecule has 4 nitrogen and oxygen atoms in total. The van der Waals surface area contributed by atoms with Gasteiger partial charge in [0.2, 0.25) is 0 Å². The molecule has 170 valence electrons. The van der Waals surface area contributed by atoms with Crippen molar-refractivity contribution in [2.45, 2.75) is 147 Å². The fourth-order valence-electron chi connectivity index (χ4n) is 3.82. The largest absolute Gasteiger partial charge is 1.00 e. The van der Waals surface area contributed by atoms with Crippen LogP contribution in [0.15, 0.2) is 0 Å². The van der Waals surface area contributed by atoms with E-state index in [-0.39, 0.29) is 35.7 Å². The Hall–Kier alpha value is 0.870. The van der Waals surface area contributed by atoms with Gasteiger partial charge in [0.05, 0.1) is 16.2 Å². The van der Waals surface area contributed by atoms with E-state index < -0.39 is 15.4 Å². The van der Waals surface area contributed by atoms with E-state index in [9.17, 15) is 18.1 Å². The van der Waals surface area contributed by atoms with Crippen molar-refractivity contribution in [2.24, 2.45) is 0 Å². The Labute approximate surface area is 204 Å². The summed E-state index contributed by atoms with van der Waals surface area (Å²) in [4.78, 5) is 0. The monoisotopic (exact) mass is 442 g/mol. The van der Waals surface area contributed by atoms with Gasteiger partial charge in [-0.15, -0.1) is 0 Å². The van der Waals surface area contributed by atoms with E-state index in [2.05, 4.69) is 13.8 Å². The maximum atomic E-state index is 11.4. The smallest absolute Gasteiger partial charge is 0.748 e. The first-order valence-electron chi connectivity index (χ1n) is 12.0. The zero-order valence-corrected chi connectivity index (χ0v) is 22.5. The summed E-state index contributed by atoms with van der Waals surface area (Å²) in [5, 5.41) is 9.35. The molecule has 2 unspecified atom stereocenters. The van der Waals surface area contributed by atoms with E-state index in [0.29, 0.717) is 19.3 Å². The predicted molar refractivity (Wildman–Crippen MR) is 119 cm³/mol. The fraction of sp³-hybridized carbons (Fsp3) is 1.00. The quantitative estimate of drug-likeness (QED) is 0.167. The van der Waals surface area contributed by atoms with Gasteiger partial charge in [-0.05, 0) is 25.7 Å². The molecule has 0 aliphatic carbocycles. The summed E-state index contributed by atoms with van der Waals surface area (Å²) < 4.78 is 34.1. The average Bonchev–Trinajstić information content (AvgIpc) is 2.64. The summed E-state index contributed by atoms with van der Waals surface area (Å²) in [6.07, 6.45) is 19.5. The zero-order valence-electron chi connectivity index (χ0n) is 19.7. The van der Waals surface area contributed by atoms with E-state index in [1.165, 1.54) is 57.8 Å². The van der Waals surface area contributed by atoms with Gasteiger partial charge in [0, 0.05) is 5.25 Å². The van der Waals surface area contributed by atoms with Crippen LogP contribution in [0.2, 0.25) is 0 Å². The first kappa shape index (κ1) is 32.1. The number of unbranched alkanes of at least 4 members (excludes halogenated alkanes) is 12. The molecule has 0 fully saturated rings.